The lowest BCUT2D eigenvalue weighted by molar-refractivity contribution is 0.681. The summed E-state index contributed by atoms with van der Waals surface area (Å²) in [5.41, 5.74) is 1.08. The standard InChI is InChI=1S/C13H17N3S/c1-2-6-14-9-12-10-16-13(17-12)8-11-5-3-4-7-15-11/h3-5,7,10,14H,2,6,8-9H2,1H3. The predicted molar refractivity (Wildman–Crippen MR) is 71.2 cm³/mol. The maximum absolute atomic E-state index is 4.43. The number of thiazole rings is 1. The van der Waals surface area contributed by atoms with E-state index in [1.165, 1.54) is 11.3 Å². The van der Waals surface area contributed by atoms with Gasteiger partial charge in [0.25, 0.3) is 0 Å². The lowest BCUT2D eigenvalue weighted by atomic mass is 10.3. The molecule has 2 aromatic heterocycles. The molecule has 0 saturated heterocycles. The molecule has 0 atom stereocenters. The minimum absolute atomic E-state index is 0.833. The first-order chi connectivity index (χ1) is 8.38. The third-order valence-electron chi connectivity index (χ3n) is 2.39. The Hall–Kier alpha value is -1.26. The van der Waals surface area contributed by atoms with Crippen LogP contribution in [0.2, 0.25) is 0 Å². The molecule has 3 nitrogen and oxygen atoms in total. The number of rotatable bonds is 6. The fourth-order valence-electron chi connectivity index (χ4n) is 1.56. The van der Waals surface area contributed by atoms with Crippen LogP contribution in [0.25, 0.3) is 0 Å². The van der Waals surface area contributed by atoms with Gasteiger partial charge < -0.3 is 5.32 Å². The summed E-state index contributed by atoms with van der Waals surface area (Å²) in [6.45, 7) is 4.16. The SMILES string of the molecule is CCCNCc1cnc(Cc2ccccn2)s1. The highest BCUT2D eigenvalue weighted by Gasteiger charge is 2.03. The summed E-state index contributed by atoms with van der Waals surface area (Å²) in [6, 6.07) is 5.99. The number of nitrogens with zero attached hydrogens (tertiary/aromatic N) is 2. The topological polar surface area (TPSA) is 37.8 Å². The first kappa shape index (κ1) is 12.2. The van der Waals surface area contributed by atoms with Gasteiger partial charge in [0.2, 0.25) is 0 Å². The molecule has 0 aliphatic heterocycles. The zero-order valence-corrected chi connectivity index (χ0v) is 10.8. The van der Waals surface area contributed by atoms with E-state index in [0.29, 0.717) is 0 Å². The molecular formula is C13H17N3S. The van der Waals surface area contributed by atoms with Gasteiger partial charge in [0.05, 0.1) is 5.01 Å². The summed E-state index contributed by atoms with van der Waals surface area (Å²) >= 11 is 1.76. The Morgan fingerprint density at radius 3 is 3.00 bits per heavy atom. The van der Waals surface area contributed by atoms with E-state index in [1.54, 1.807) is 11.3 Å². The summed E-state index contributed by atoms with van der Waals surface area (Å²) in [6.07, 6.45) is 5.79. The van der Waals surface area contributed by atoms with E-state index in [1.807, 2.05) is 30.6 Å². The van der Waals surface area contributed by atoms with Crippen molar-refractivity contribution in [3.63, 3.8) is 0 Å². The van der Waals surface area contributed by atoms with Crippen LogP contribution >= 0.6 is 11.3 Å². The van der Waals surface area contributed by atoms with Crippen molar-refractivity contribution in [1.82, 2.24) is 15.3 Å². The van der Waals surface area contributed by atoms with Crippen molar-refractivity contribution in [1.29, 1.82) is 0 Å². The molecule has 0 amide bonds. The van der Waals surface area contributed by atoms with Gasteiger partial charge in [-0.25, -0.2) is 4.98 Å². The van der Waals surface area contributed by atoms with Crippen LogP contribution in [0.1, 0.15) is 28.9 Å². The molecule has 0 unspecified atom stereocenters. The minimum Gasteiger partial charge on any atom is -0.312 e. The van der Waals surface area contributed by atoms with Crippen LogP contribution in [0, 0.1) is 0 Å². The lowest BCUT2D eigenvalue weighted by Gasteiger charge is -1.98. The van der Waals surface area contributed by atoms with Crippen LogP contribution in [-0.2, 0) is 13.0 Å². The third-order valence-corrected chi connectivity index (χ3v) is 3.38. The Balaban J connectivity index is 1.90. The Labute approximate surface area is 106 Å². The van der Waals surface area contributed by atoms with Crippen LogP contribution in [0.3, 0.4) is 0 Å². The molecule has 0 aromatic carbocycles. The zero-order valence-electron chi connectivity index (χ0n) is 10.0. The molecule has 17 heavy (non-hydrogen) atoms. The van der Waals surface area contributed by atoms with Gasteiger partial charge in [0.1, 0.15) is 0 Å². The van der Waals surface area contributed by atoms with Crippen molar-refractivity contribution >= 4 is 11.3 Å². The fourth-order valence-corrected chi connectivity index (χ4v) is 2.47. The highest BCUT2D eigenvalue weighted by atomic mass is 32.1. The van der Waals surface area contributed by atoms with Crippen LogP contribution in [0.5, 0.6) is 0 Å². The first-order valence-electron chi connectivity index (χ1n) is 5.92. The molecule has 2 rings (SSSR count). The Morgan fingerprint density at radius 1 is 1.29 bits per heavy atom. The van der Waals surface area contributed by atoms with E-state index in [2.05, 4.69) is 22.2 Å². The molecule has 90 valence electrons. The van der Waals surface area contributed by atoms with Crippen molar-refractivity contribution in [2.45, 2.75) is 26.3 Å². The molecule has 0 aliphatic rings. The van der Waals surface area contributed by atoms with Crippen LogP contribution in [0.4, 0.5) is 0 Å². The third kappa shape index (κ3) is 3.91. The van der Waals surface area contributed by atoms with Gasteiger partial charge in [0.15, 0.2) is 0 Å². The van der Waals surface area contributed by atoms with Crippen LogP contribution in [0.15, 0.2) is 30.6 Å². The van der Waals surface area contributed by atoms with E-state index in [0.717, 1.165) is 30.2 Å². The van der Waals surface area contributed by atoms with Crippen molar-refractivity contribution < 1.29 is 0 Å². The molecule has 0 radical (unpaired) electrons. The zero-order chi connectivity index (χ0) is 11.9. The highest BCUT2D eigenvalue weighted by Crippen LogP contribution is 2.15. The first-order valence-corrected chi connectivity index (χ1v) is 6.74. The molecule has 4 heteroatoms. The van der Waals surface area contributed by atoms with Crippen molar-refractivity contribution in [3.8, 4) is 0 Å². The molecule has 0 fully saturated rings. The summed E-state index contributed by atoms with van der Waals surface area (Å²) < 4.78 is 0. The highest BCUT2D eigenvalue weighted by molar-refractivity contribution is 7.11. The largest absolute Gasteiger partial charge is 0.312 e. The average molecular weight is 247 g/mol. The molecule has 0 aliphatic carbocycles. The summed E-state index contributed by atoms with van der Waals surface area (Å²) in [7, 11) is 0. The second-order valence-electron chi connectivity index (χ2n) is 3.89. The summed E-state index contributed by atoms with van der Waals surface area (Å²) in [5, 5.41) is 4.52. The maximum Gasteiger partial charge on any atom is 0.0987 e. The van der Waals surface area contributed by atoms with E-state index in [-0.39, 0.29) is 0 Å². The summed E-state index contributed by atoms with van der Waals surface area (Å²) in [5.74, 6) is 0. The van der Waals surface area contributed by atoms with Crippen molar-refractivity contribution in [2.24, 2.45) is 0 Å². The van der Waals surface area contributed by atoms with Crippen molar-refractivity contribution in [2.75, 3.05) is 6.54 Å². The van der Waals surface area contributed by atoms with Crippen molar-refractivity contribution in [3.05, 3.63) is 46.2 Å². The second-order valence-corrected chi connectivity index (χ2v) is 5.09. The van der Waals surface area contributed by atoms with Gasteiger partial charge >= 0.3 is 0 Å². The number of pyridine rings is 1. The van der Waals surface area contributed by atoms with Gasteiger partial charge in [-0.3, -0.25) is 4.98 Å². The van der Waals surface area contributed by atoms with Gasteiger partial charge in [-0.05, 0) is 25.1 Å². The Bertz CT molecular complexity index is 439. The Morgan fingerprint density at radius 2 is 2.24 bits per heavy atom. The molecule has 2 heterocycles. The Kier molecular flexibility index (Phi) is 4.64. The fraction of sp³-hybridized carbons (Fsp3) is 0.385. The monoisotopic (exact) mass is 247 g/mol. The number of hydrogen-bond acceptors (Lipinski definition) is 4. The smallest absolute Gasteiger partial charge is 0.0987 e. The van der Waals surface area contributed by atoms with E-state index >= 15 is 0 Å². The second kappa shape index (κ2) is 6.47. The summed E-state index contributed by atoms with van der Waals surface area (Å²) in [4.78, 5) is 10.0. The number of nitrogens with one attached hydrogen (secondary N) is 1. The van der Waals surface area contributed by atoms with E-state index < -0.39 is 0 Å². The maximum atomic E-state index is 4.43. The van der Waals surface area contributed by atoms with Gasteiger partial charge in [-0.1, -0.05) is 13.0 Å². The minimum atomic E-state index is 0.833. The van der Waals surface area contributed by atoms with Crippen LogP contribution < -0.4 is 5.32 Å². The molecular weight excluding hydrogens is 230 g/mol. The van der Waals surface area contributed by atoms with Gasteiger partial charge in [-0.15, -0.1) is 11.3 Å². The number of aromatic nitrogens is 2. The average Bonchev–Trinajstić information content (AvgIpc) is 2.79. The van der Waals surface area contributed by atoms with E-state index in [9.17, 15) is 0 Å². The van der Waals surface area contributed by atoms with Gasteiger partial charge in [0, 0.05) is 35.9 Å². The predicted octanol–water partition coefficient (Wildman–Crippen LogP) is 2.63. The normalized spacial score (nSPS) is 10.6. The van der Waals surface area contributed by atoms with E-state index in [4.69, 9.17) is 0 Å². The number of hydrogen-bond donors (Lipinski definition) is 1. The molecule has 0 saturated carbocycles. The van der Waals surface area contributed by atoms with Gasteiger partial charge in [-0.2, -0.15) is 0 Å². The molecule has 0 bridgehead atoms. The molecule has 0 spiro atoms. The lowest BCUT2D eigenvalue weighted by Crippen LogP contribution is -2.12. The molecule has 2 aromatic rings. The quantitative estimate of drug-likeness (QED) is 0.797. The molecule has 1 N–H and O–H groups in total. The van der Waals surface area contributed by atoms with Crippen LogP contribution in [-0.4, -0.2) is 16.5 Å².